The van der Waals surface area contributed by atoms with Gasteiger partial charge >= 0.3 is 0 Å². The normalized spacial score (nSPS) is 13.9. The summed E-state index contributed by atoms with van der Waals surface area (Å²) in [6, 6.07) is 3.52. The molecule has 5 nitrogen and oxygen atoms in total. The van der Waals surface area contributed by atoms with E-state index < -0.39 is 16.1 Å². The van der Waals surface area contributed by atoms with Crippen molar-refractivity contribution in [2.75, 3.05) is 19.3 Å². The third-order valence-corrected chi connectivity index (χ3v) is 4.83. The average Bonchev–Trinajstić information content (AvgIpc) is 2.22. The highest BCUT2D eigenvalue weighted by Crippen LogP contribution is 2.28. The lowest BCUT2D eigenvalue weighted by Gasteiger charge is -2.21. The van der Waals surface area contributed by atoms with Crippen LogP contribution in [-0.2, 0) is 10.0 Å². The number of benzene rings is 1. The molecule has 0 heterocycles. The van der Waals surface area contributed by atoms with Crippen molar-refractivity contribution in [3.05, 3.63) is 23.3 Å². The lowest BCUT2D eigenvalue weighted by atomic mass is 10.1. The molecule has 102 valence electrons. The van der Waals surface area contributed by atoms with Crippen LogP contribution in [0.4, 0.5) is 5.69 Å². The van der Waals surface area contributed by atoms with E-state index in [1.807, 2.05) is 0 Å². The number of aryl methyl sites for hydroxylation is 2. The highest BCUT2D eigenvalue weighted by Gasteiger charge is 2.26. The molecule has 1 aromatic carbocycles. The van der Waals surface area contributed by atoms with E-state index in [0.29, 0.717) is 5.56 Å². The summed E-state index contributed by atoms with van der Waals surface area (Å²) in [7, 11) is -2.24. The van der Waals surface area contributed by atoms with Crippen LogP contribution < -0.4 is 5.73 Å². The van der Waals surface area contributed by atoms with Crippen molar-refractivity contribution in [1.29, 1.82) is 0 Å². The van der Waals surface area contributed by atoms with Crippen LogP contribution in [-0.4, -0.2) is 37.5 Å². The second-order valence-corrected chi connectivity index (χ2v) is 6.56. The van der Waals surface area contributed by atoms with Gasteiger partial charge in [-0.05, 0) is 31.9 Å². The molecule has 3 N–H and O–H groups in total. The van der Waals surface area contributed by atoms with Gasteiger partial charge in [-0.3, -0.25) is 0 Å². The lowest BCUT2D eigenvalue weighted by molar-refractivity contribution is 0.171. The molecule has 0 aromatic heterocycles. The number of hydrogen-bond acceptors (Lipinski definition) is 4. The smallest absolute Gasteiger partial charge is 0.245 e. The van der Waals surface area contributed by atoms with Gasteiger partial charge in [0, 0.05) is 13.6 Å². The summed E-state index contributed by atoms with van der Waals surface area (Å²) in [5, 5.41) is 9.29. The molecular formula is C12H20N2O3S. The fraction of sp³-hybridized carbons (Fsp3) is 0.500. The fourth-order valence-electron chi connectivity index (χ4n) is 1.78. The molecule has 1 rings (SSSR count). The van der Waals surface area contributed by atoms with E-state index in [-0.39, 0.29) is 17.1 Å². The minimum Gasteiger partial charge on any atom is -0.397 e. The van der Waals surface area contributed by atoms with Gasteiger partial charge in [-0.25, -0.2) is 8.42 Å². The molecule has 6 heteroatoms. The van der Waals surface area contributed by atoms with Gasteiger partial charge in [0.2, 0.25) is 10.0 Å². The molecule has 0 amide bonds. The lowest BCUT2D eigenvalue weighted by Crippen LogP contribution is -2.34. The van der Waals surface area contributed by atoms with Gasteiger partial charge in [-0.2, -0.15) is 4.31 Å². The Morgan fingerprint density at radius 2 is 1.83 bits per heavy atom. The van der Waals surface area contributed by atoms with Crippen molar-refractivity contribution in [3.8, 4) is 0 Å². The quantitative estimate of drug-likeness (QED) is 0.797. The van der Waals surface area contributed by atoms with Crippen molar-refractivity contribution in [3.63, 3.8) is 0 Å². The minimum absolute atomic E-state index is 0.0369. The first-order valence-corrected chi connectivity index (χ1v) is 7.12. The van der Waals surface area contributed by atoms with Crippen molar-refractivity contribution < 1.29 is 13.5 Å². The molecule has 0 bridgehead atoms. The summed E-state index contributed by atoms with van der Waals surface area (Å²) in [6.45, 7) is 5.05. The van der Waals surface area contributed by atoms with Gasteiger partial charge < -0.3 is 10.8 Å². The molecule has 0 aliphatic heterocycles. The van der Waals surface area contributed by atoms with Crippen LogP contribution in [0.15, 0.2) is 17.0 Å². The summed E-state index contributed by atoms with van der Waals surface area (Å²) in [4.78, 5) is 0.130. The Morgan fingerprint density at radius 3 is 2.33 bits per heavy atom. The van der Waals surface area contributed by atoms with Crippen molar-refractivity contribution in [2.24, 2.45) is 0 Å². The van der Waals surface area contributed by atoms with Crippen LogP contribution in [0.25, 0.3) is 0 Å². The summed E-state index contributed by atoms with van der Waals surface area (Å²) in [6.07, 6.45) is -0.726. The van der Waals surface area contributed by atoms with E-state index in [1.54, 1.807) is 32.9 Å². The summed E-state index contributed by atoms with van der Waals surface area (Å²) < 4.78 is 25.9. The van der Waals surface area contributed by atoms with E-state index >= 15 is 0 Å². The van der Waals surface area contributed by atoms with Crippen molar-refractivity contribution in [2.45, 2.75) is 31.8 Å². The average molecular weight is 272 g/mol. The number of sulfonamides is 1. The van der Waals surface area contributed by atoms with Gasteiger partial charge in [-0.1, -0.05) is 12.1 Å². The molecule has 0 spiro atoms. The number of nitrogens with zero attached hydrogens (tertiary/aromatic N) is 1. The van der Waals surface area contributed by atoms with Gasteiger partial charge in [-0.15, -0.1) is 0 Å². The summed E-state index contributed by atoms with van der Waals surface area (Å²) in [5.74, 6) is 0. The second kappa shape index (κ2) is 5.26. The Hall–Kier alpha value is -1.11. The maximum absolute atomic E-state index is 12.4. The van der Waals surface area contributed by atoms with Gasteiger partial charge in [0.15, 0.2) is 0 Å². The zero-order chi connectivity index (χ0) is 14.1. The predicted molar refractivity (Wildman–Crippen MR) is 71.8 cm³/mol. The van der Waals surface area contributed by atoms with E-state index in [2.05, 4.69) is 0 Å². The van der Waals surface area contributed by atoms with Crippen molar-refractivity contribution in [1.82, 2.24) is 4.31 Å². The summed E-state index contributed by atoms with van der Waals surface area (Å²) in [5.41, 5.74) is 7.47. The Morgan fingerprint density at radius 1 is 1.33 bits per heavy atom. The molecule has 1 aromatic rings. The zero-order valence-electron chi connectivity index (χ0n) is 11.1. The second-order valence-electron chi connectivity index (χ2n) is 4.58. The van der Waals surface area contributed by atoms with E-state index in [4.69, 9.17) is 5.73 Å². The number of aliphatic hydroxyl groups is 1. The van der Waals surface area contributed by atoms with Gasteiger partial charge in [0.1, 0.15) is 4.90 Å². The molecule has 0 radical (unpaired) electrons. The molecule has 1 unspecified atom stereocenters. The zero-order valence-corrected chi connectivity index (χ0v) is 12.0. The third-order valence-electron chi connectivity index (χ3n) is 2.80. The molecule has 0 saturated heterocycles. The van der Waals surface area contributed by atoms with E-state index in [1.165, 1.54) is 7.05 Å². The fourth-order valence-corrected chi connectivity index (χ4v) is 3.41. The predicted octanol–water partition coefficient (Wildman–Crippen LogP) is 0.887. The number of likely N-dealkylation sites (N-methyl/N-ethyl adjacent to an activating group) is 1. The number of rotatable bonds is 4. The van der Waals surface area contributed by atoms with E-state index in [0.717, 1.165) is 9.87 Å². The minimum atomic E-state index is -3.67. The Labute approximate surface area is 108 Å². The number of nitrogen functional groups attached to an aromatic ring is 1. The van der Waals surface area contributed by atoms with Gasteiger partial charge in [0.05, 0.1) is 11.8 Å². The van der Waals surface area contributed by atoms with E-state index in [9.17, 15) is 13.5 Å². The molecule has 0 aliphatic rings. The van der Waals surface area contributed by atoms with Crippen LogP contribution in [0.5, 0.6) is 0 Å². The van der Waals surface area contributed by atoms with Crippen LogP contribution in [0.3, 0.4) is 0 Å². The van der Waals surface area contributed by atoms with Crippen LogP contribution in [0, 0.1) is 13.8 Å². The number of nitrogens with two attached hydrogens (primary N) is 1. The maximum Gasteiger partial charge on any atom is 0.245 e. The van der Waals surface area contributed by atoms with Gasteiger partial charge in [0.25, 0.3) is 0 Å². The van der Waals surface area contributed by atoms with Crippen molar-refractivity contribution >= 4 is 15.7 Å². The van der Waals surface area contributed by atoms with Crippen LogP contribution >= 0.6 is 0 Å². The SMILES string of the molecule is Cc1ccc(C)c(S(=O)(=O)N(C)CC(C)O)c1N. The highest BCUT2D eigenvalue weighted by atomic mass is 32.2. The monoisotopic (exact) mass is 272 g/mol. The Kier molecular flexibility index (Phi) is 4.37. The summed E-state index contributed by atoms with van der Waals surface area (Å²) >= 11 is 0. The molecule has 0 aliphatic carbocycles. The standard InChI is InChI=1S/C12H20N2O3S/c1-8-5-6-9(2)12(11(8)13)18(16,17)14(4)7-10(3)15/h5-6,10,15H,7,13H2,1-4H3. The highest BCUT2D eigenvalue weighted by molar-refractivity contribution is 7.89. The molecule has 0 saturated carbocycles. The third kappa shape index (κ3) is 2.82. The topological polar surface area (TPSA) is 83.6 Å². The number of anilines is 1. The first-order chi connectivity index (χ1) is 8.17. The van der Waals surface area contributed by atoms with Crippen LogP contribution in [0.2, 0.25) is 0 Å². The number of hydrogen-bond donors (Lipinski definition) is 2. The largest absolute Gasteiger partial charge is 0.397 e. The Bertz CT molecular complexity index is 538. The molecule has 1 atom stereocenters. The molecule has 18 heavy (non-hydrogen) atoms. The molecule has 0 fully saturated rings. The maximum atomic E-state index is 12.4. The Balaban J connectivity index is 3.33. The van der Waals surface area contributed by atoms with Crippen LogP contribution in [0.1, 0.15) is 18.1 Å². The molecular weight excluding hydrogens is 252 g/mol. The number of aliphatic hydroxyl groups excluding tert-OH is 1. The first-order valence-electron chi connectivity index (χ1n) is 5.68. The first kappa shape index (κ1) is 14.9.